The molecule has 8 heteroatoms. The summed E-state index contributed by atoms with van der Waals surface area (Å²) in [5.41, 5.74) is 10.7. The molecule has 0 fully saturated rings. The number of hydrogen-bond acceptors (Lipinski definition) is 4. The largest absolute Gasteiger partial charge is 0.390 e. The van der Waals surface area contributed by atoms with Gasteiger partial charge in [-0.3, -0.25) is 4.79 Å². The Kier molecular flexibility index (Phi) is 9.43. The average molecular weight is 552 g/mol. The van der Waals surface area contributed by atoms with E-state index in [1.54, 1.807) is 16.7 Å². The molecule has 3 aromatic carbocycles. The zero-order chi connectivity index (χ0) is 28.1. The van der Waals surface area contributed by atoms with Crippen molar-refractivity contribution in [3.05, 3.63) is 101 Å². The first-order valence-corrected chi connectivity index (χ1v) is 14.3. The van der Waals surface area contributed by atoms with Gasteiger partial charge in [0, 0.05) is 53.7 Å². The normalized spacial score (nSPS) is 13.0. The van der Waals surface area contributed by atoms with Gasteiger partial charge in [-0.1, -0.05) is 49.4 Å². The molecule has 0 radical (unpaired) electrons. The molecule has 1 aromatic heterocycles. The molecular weight excluding hydrogens is 516 g/mol. The third-order valence-electron chi connectivity index (χ3n) is 7.12. The van der Waals surface area contributed by atoms with E-state index in [2.05, 4.69) is 23.6 Å². The Bertz CT molecular complexity index is 1440. The van der Waals surface area contributed by atoms with E-state index in [9.17, 15) is 18.7 Å². The number of nitrogens with two attached hydrogens (primary N) is 1. The zero-order valence-corrected chi connectivity index (χ0v) is 23.3. The van der Waals surface area contributed by atoms with Crippen LogP contribution in [0.15, 0.2) is 71.6 Å². The van der Waals surface area contributed by atoms with Crippen molar-refractivity contribution in [2.75, 3.05) is 12.8 Å². The molecule has 0 spiro atoms. The van der Waals surface area contributed by atoms with Gasteiger partial charge in [0.2, 0.25) is 5.91 Å². The number of carbonyl (C=O) groups excluding carboxylic acids is 1. The highest BCUT2D eigenvalue weighted by Crippen LogP contribution is 2.33. The molecule has 0 aliphatic rings. The van der Waals surface area contributed by atoms with E-state index in [-0.39, 0.29) is 25.3 Å². The van der Waals surface area contributed by atoms with E-state index in [1.165, 1.54) is 12.1 Å². The number of carbonyl (C=O) groups is 1. The van der Waals surface area contributed by atoms with Gasteiger partial charge in [0.25, 0.3) is 0 Å². The molecule has 3 N–H and O–H groups in total. The monoisotopic (exact) mass is 551 g/mol. The predicted octanol–water partition coefficient (Wildman–Crippen LogP) is 5.24. The van der Waals surface area contributed by atoms with Gasteiger partial charge in [-0.15, -0.1) is 11.8 Å². The third kappa shape index (κ3) is 6.87. The number of hydrogen-bond donors (Lipinski definition) is 2. The molecule has 4 aromatic rings. The first kappa shape index (κ1) is 28.8. The number of fused-ring (bicyclic) bond motifs is 1. The van der Waals surface area contributed by atoms with Crippen molar-refractivity contribution >= 4 is 28.6 Å². The summed E-state index contributed by atoms with van der Waals surface area (Å²) in [5, 5.41) is 12.1. The molecule has 0 aliphatic heterocycles. The number of nitrogens with zero attached hydrogens (tertiary/aromatic N) is 2. The van der Waals surface area contributed by atoms with Crippen molar-refractivity contribution < 1.29 is 18.7 Å². The standard InChI is InChI=1S/C31H35F2N3O2S/c1-4-20-8-7-9-21(12-20)18-36(19-29(37)26(34)15-22-13-23(32)16-24(33)14-22)30(38)17-28-31(39-3)25-10-5-6-11-27(25)35(28)2/h5-14,16,26,29,37H,4,15,17-19,34H2,1-3H3/t26-,29+/m0/s1. The number of aliphatic hydroxyl groups excluding tert-OH is 1. The maximum absolute atomic E-state index is 13.8. The molecule has 0 bridgehead atoms. The number of amides is 1. The molecule has 206 valence electrons. The molecule has 39 heavy (non-hydrogen) atoms. The van der Waals surface area contributed by atoms with Gasteiger partial charge in [-0.2, -0.15) is 0 Å². The minimum absolute atomic E-state index is 0.00725. The minimum atomic E-state index is -1.10. The lowest BCUT2D eigenvalue weighted by Crippen LogP contribution is -2.46. The van der Waals surface area contributed by atoms with E-state index < -0.39 is 23.8 Å². The van der Waals surface area contributed by atoms with Crippen LogP contribution in [0.25, 0.3) is 10.9 Å². The second-order valence-corrected chi connectivity index (χ2v) is 10.7. The second kappa shape index (κ2) is 12.8. The SMILES string of the molecule is CCc1cccc(CN(C[C@@H](O)[C@@H](N)Cc2cc(F)cc(F)c2)C(=O)Cc2c(SC)c3ccccc3n2C)c1. The summed E-state index contributed by atoms with van der Waals surface area (Å²) in [6, 6.07) is 18.5. The Labute approximate surface area is 232 Å². The topological polar surface area (TPSA) is 71.5 Å². The van der Waals surface area contributed by atoms with E-state index in [0.717, 1.165) is 45.1 Å². The molecule has 0 unspecified atom stereocenters. The quantitative estimate of drug-likeness (QED) is 0.250. The highest BCUT2D eigenvalue weighted by Gasteiger charge is 2.25. The Hall–Kier alpha value is -3.20. The number of halogens is 2. The lowest BCUT2D eigenvalue weighted by Gasteiger charge is -2.29. The Balaban J connectivity index is 1.59. The van der Waals surface area contributed by atoms with Crippen molar-refractivity contribution in [1.82, 2.24) is 9.47 Å². The summed E-state index contributed by atoms with van der Waals surface area (Å²) in [4.78, 5) is 16.5. The van der Waals surface area contributed by atoms with Crippen LogP contribution in [0.1, 0.15) is 29.3 Å². The van der Waals surface area contributed by atoms with Crippen LogP contribution in [-0.4, -0.2) is 45.4 Å². The van der Waals surface area contributed by atoms with Crippen LogP contribution < -0.4 is 5.73 Å². The maximum atomic E-state index is 13.8. The molecular formula is C31H35F2N3O2S. The van der Waals surface area contributed by atoms with Gasteiger partial charge in [0.15, 0.2) is 0 Å². The van der Waals surface area contributed by atoms with Crippen LogP contribution in [0.3, 0.4) is 0 Å². The second-order valence-electron chi connectivity index (χ2n) is 9.89. The maximum Gasteiger partial charge on any atom is 0.228 e. The van der Waals surface area contributed by atoms with Crippen molar-refractivity contribution in [2.45, 2.75) is 49.8 Å². The van der Waals surface area contributed by atoms with E-state index in [4.69, 9.17) is 5.73 Å². The van der Waals surface area contributed by atoms with Crippen molar-refractivity contribution in [2.24, 2.45) is 12.8 Å². The minimum Gasteiger partial charge on any atom is -0.390 e. The summed E-state index contributed by atoms with van der Waals surface area (Å²) in [6.45, 7) is 2.38. The van der Waals surface area contributed by atoms with E-state index in [0.29, 0.717) is 12.1 Å². The molecule has 1 amide bonds. The highest BCUT2D eigenvalue weighted by atomic mass is 32.2. The number of benzene rings is 3. The van der Waals surface area contributed by atoms with Crippen molar-refractivity contribution in [3.8, 4) is 0 Å². The Morgan fingerprint density at radius 2 is 1.72 bits per heavy atom. The Morgan fingerprint density at radius 1 is 1.03 bits per heavy atom. The Morgan fingerprint density at radius 3 is 2.41 bits per heavy atom. The van der Waals surface area contributed by atoms with Crippen LogP contribution >= 0.6 is 11.8 Å². The van der Waals surface area contributed by atoms with E-state index in [1.807, 2.05) is 49.7 Å². The molecule has 1 heterocycles. The first-order valence-electron chi connectivity index (χ1n) is 13.0. The average Bonchev–Trinajstić information content (AvgIpc) is 3.18. The fraction of sp³-hybridized carbons (Fsp3) is 0.323. The summed E-state index contributed by atoms with van der Waals surface area (Å²) in [6.07, 6.45) is 2.01. The number of rotatable bonds is 11. The molecule has 0 saturated heterocycles. The fourth-order valence-electron chi connectivity index (χ4n) is 5.01. The van der Waals surface area contributed by atoms with E-state index >= 15 is 0 Å². The van der Waals surface area contributed by atoms with Crippen molar-refractivity contribution in [1.29, 1.82) is 0 Å². The number of para-hydroxylation sites is 1. The van der Waals surface area contributed by atoms with Crippen LogP contribution in [0, 0.1) is 11.6 Å². The molecule has 4 rings (SSSR count). The number of aliphatic hydroxyl groups is 1. The van der Waals surface area contributed by atoms with Crippen LogP contribution in [-0.2, 0) is 37.6 Å². The lowest BCUT2D eigenvalue weighted by molar-refractivity contribution is -0.132. The predicted molar refractivity (Wildman–Crippen MR) is 154 cm³/mol. The molecule has 0 saturated carbocycles. The van der Waals surface area contributed by atoms with Gasteiger partial charge in [-0.25, -0.2) is 8.78 Å². The molecule has 0 aliphatic carbocycles. The zero-order valence-electron chi connectivity index (χ0n) is 22.5. The lowest BCUT2D eigenvalue weighted by atomic mass is 10.0. The summed E-state index contributed by atoms with van der Waals surface area (Å²) in [5.74, 6) is -1.53. The van der Waals surface area contributed by atoms with Gasteiger partial charge in [0.1, 0.15) is 11.6 Å². The van der Waals surface area contributed by atoms with Crippen LogP contribution in [0.4, 0.5) is 8.78 Å². The van der Waals surface area contributed by atoms with Gasteiger partial charge in [0.05, 0.1) is 12.5 Å². The van der Waals surface area contributed by atoms with Gasteiger partial charge < -0.3 is 20.3 Å². The fourth-order valence-corrected chi connectivity index (χ4v) is 5.85. The molecule has 2 atom stereocenters. The smallest absolute Gasteiger partial charge is 0.228 e. The van der Waals surface area contributed by atoms with Crippen LogP contribution in [0.5, 0.6) is 0 Å². The molecule has 5 nitrogen and oxygen atoms in total. The number of aromatic nitrogens is 1. The first-order chi connectivity index (χ1) is 18.7. The van der Waals surface area contributed by atoms with Gasteiger partial charge >= 0.3 is 0 Å². The van der Waals surface area contributed by atoms with Gasteiger partial charge in [-0.05, 0) is 54.0 Å². The third-order valence-corrected chi connectivity index (χ3v) is 7.98. The summed E-state index contributed by atoms with van der Waals surface area (Å²) >= 11 is 1.61. The van der Waals surface area contributed by atoms with Crippen molar-refractivity contribution in [3.63, 3.8) is 0 Å². The number of thioether (sulfide) groups is 1. The highest BCUT2D eigenvalue weighted by molar-refractivity contribution is 7.98. The summed E-state index contributed by atoms with van der Waals surface area (Å²) in [7, 11) is 1.96. The summed E-state index contributed by atoms with van der Waals surface area (Å²) < 4.78 is 29.4. The van der Waals surface area contributed by atoms with Crippen LogP contribution in [0.2, 0.25) is 0 Å². The number of aryl methyl sites for hydroxylation is 2.